The minimum atomic E-state index is -0.224. The highest BCUT2D eigenvalue weighted by molar-refractivity contribution is 5.75. The first kappa shape index (κ1) is 16.3. The number of hydrogen-bond acceptors (Lipinski definition) is 2. The van der Waals surface area contributed by atoms with Gasteiger partial charge in [-0.2, -0.15) is 4.57 Å². The second kappa shape index (κ2) is 6.93. The average molecular weight is 385 g/mol. The molecule has 3 nitrogen and oxygen atoms in total. The van der Waals surface area contributed by atoms with Crippen molar-refractivity contribution in [2.75, 3.05) is 0 Å². The minimum Gasteiger partial charge on any atom is -1.00 e. The first-order valence-corrected chi connectivity index (χ1v) is 7.37. The smallest absolute Gasteiger partial charge is 0.233 e. The Morgan fingerprint density at radius 3 is 2.71 bits per heavy atom. The zero-order valence-corrected chi connectivity index (χ0v) is 14.3. The van der Waals surface area contributed by atoms with E-state index in [2.05, 4.69) is 4.98 Å². The summed E-state index contributed by atoms with van der Waals surface area (Å²) in [6.45, 7) is 0.589. The van der Waals surface area contributed by atoms with E-state index < -0.39 is 0 Å². The molecule has 0 fully saturated rings. The molecule has 0 saturated carbocycles. The Bertz CT molecular complexity index is 951. The molecule has 0 spiro atoms. The molecule has 0 radical (unpaired) electrons. The fourth-order valence-corrected chi connectivity index (χ4v) is 2.59. The molecule has 2 aromatic carbocycles. The molecule has 2 aromatic heterocycles. The van der Waals surface area contributed by atoms with Crippen molar-refractivity contribution < 1.29 is 30.4 Å². The van der Waals surface area contributed by atoms with Gasteiger partial charge in [0.1, 0.15) is 16.9 Å². The molecule has 0 aliphatic carbocycles. The lowest BCUT2D eigenvalue weighted by molar-refractivity contribution is -0.687. The van der Waals surface area contributed by atoms with Crippen LogP contribution in [0.1, 0.15) is 5.56 Å². The van der Waals surface area contributed by atoms with Gasteiger partial charge in [0.25, 0.3) is 0 Å². The molecule has 4 aromatic rings. The highest BCUT2D eigenvalue weighted by Crippen LogP contribution is 2.22. The summed E-state index contributed by atoms with van der Waals surface area (Å²) < 4.78 is 21.1. The van der Waals surface area contributed by atoms with Gasteiger partial charge in [-0.25, -0.2) is 9.37 Å². The topological polar surface area (TPSA) is 29.9 Å². The summed E-state index contributed by atoms with van der Waals surface area (Å²) in [5.41, 5.74) is 3.40. The van der Waals surface area contributed by atoms with Gasteiger partial charge in [0.15, 0.2) is 24.5 Å². The van der Waals surface area contributed by atoms with E-state index in [9.17, 15) is 4.39 Å². The van der Waals surface area contributed by atoms with E-state index in [4.69, 9.17) is 4.42 Å². The van der Waals surface area contributed by atoms with Crippen LogP contribution in [0.5, 0.6) is 0 Å². The number of oxazole rings is 1. The molecular weight excluding hydrogens is 371 g/mol. The molecule has 0 amide bonds. The normalized spacial score (nSPS) is 10.5. The lowest BCUT2D eigenvalue weighted by Gasteiger charge is -1.99. The number of halogens is 2. The summed E-state index contributed by atoms with van der Waals surface area (Å²) in [5.74, 6) is 0.359. The van der Waals surface area contributed by atoms with Crippen molar-refractivity contribution in [1.29, 1.82) is 0 Å². The summed E-state index contributed by atoms with van der Waals surface area (Å²) in [4.78, 5) is 4.51. The van der Waals surface area contributed by atoms with Crippen LogP contribution in [0.15, 0.2) is 77.5 Å². The third-order valence-corrected chi connectivity index (χ3v) is 3.65. The maximum absolute atomic E-state index is 13.3. The highest BCUT2D eigenvalue weighted by Gasteiger charge is 2.12. The Balaban J connectivity index is 0.00000169. The minimum absolute atomic E-state index is 0. The second-order valence-electron chi connectivity index (χ2n) is 5.38. The third kappa shape index (κ3) is 3.36. The maximum Gasteiger partial charge on any atom is 0.233 e. The van der Waals surface area contributed by atoms with E-state index in [1.54, 1.807) is 12.1 Å². The van der Waals surface area contributed by atoms with Gasteiger partial charge in [-0.3, -0.25) is 0 Å². The molecule has 0 N–H and O–H groups in total. The number of benzene rings is 2. The van der Waals surface area contributed by atoms with Crippen molar-refractivity contribution in [2.45, 2.75) is 6.54 Å². The van der Waals surface area contributed by atoms with Gasteiger partial charge in [-0.1, -0.05) is 24.3 Å². The van der Waals surface area contributed by atoms with E-state index in [0.29, 0.717) is 12.4 Å². The molecule has 0 bridgehead atoms. The molecule has 4 rings (SSSR count). The third-order valence-electron chi connectivity index (χ3n) is 3.65. The molecule has 0 aliphatic heterocycles. The Morgan fingerprint density at radius 1 is 1.00 bits per heavy atom. The second-order valence-corrected chi connectivity index (χ2v) is 5.38. The van der Waals surface area contributed by atoms with Crippen molar-refractivity contribution in [2.24, 2.45) is 0 Å². The number of nitrogens with zero attached hydrogens (tertiary/aromatic N) is 2. The van der Waals surface area contributed by atoms with Crippen LogP contribution in [-0.2, 0) is 6.54 Å². The maximum atomic E-state index is 13.3. The molecule has 2 heterocycles. The lowest BCUT2D eigenvalue weighted by atomic mass is 10.2. The average Bonchev–Trinajstić information content (AvgIpc) is 2.99. The van der Waals surface area contributed by atoms with Crippen LogP contribution in [0, 0.1) is 5.82 Å². The van der Waals surface area contributed by atoms with Crippen molar-refractivity contribution in [3.8, 4) is 11.5 Å². The van der Waals surface area contributed by atoms with Gasteiger partial charge >= 0.3 is 0 Å². The molecule has 0 aliphatic rings. The molecule has 120 valence electrons. The standard InChI is InChI=1S/C19H14FN2O.BrH/c20-16-7-3-5-14(11-16)12-22-10-4-6-15(13-22)19-21-17-8-1-2-9-18(17)23-19;/h1-11,13H,12H2;1H/q+1;/p-1. The quantitative estimate of drug-likeness (QED) is 0.492. The predicted octanol–water partition coefficient (Wildman–Crippen LogP) is 0.974. The number of rotatable bonds is 3. The van der Waals surface area contributed by atoms with Gasteiger partial charge < -0.3 is 21.4 Å². The van der Waals surface area contributed by atoms with Gasteiger partial charge in [0, 0.05) is 11.6 Å². The number of pyridine rings is 1. The van der Waals surface area contributed by atoms with Gasteiger partial charge in [0.2, 0.25) is 5.89 Å². The van der Waals surface area contributed by atoms with Gasteiger partial charge in [0.05, 0.1) is 0 Å². The molecule has 5 heteroatoms. The zero-order chi connectivity index (χ0) is 15.6. The van der Waals surface area contributed by atoms with Gasteiger partial charge in [-0.05, 0) is 30.3 Å². The predicted molar refractivity (Wildman–Crippen MR) is 85.1 cm³/mol. The van der Waals surface area contributed by atoms with Crippen LogP contribution in [0.4, 0.5) is 4.39 Å². The Kier molecular flexibility index (Phi) is 4.71. The summed E-state index contributed by atoms with van der Waals surface area (Å²) >= 11 is 0. The van der Waals surface area contributed by atoms with Crippen molar-refractivity contribution in [1.82, 2.24) is 4.98 Å². The SMILES string of the molecule is Fc1cccc(C[n+]2cccc(-c3nc4ccccc4o3)c2)c1.[Br-]. The van der Waals surface area contributed by atoms with E-state index >= 15 is 0 Å². The van der Waals surface area contributed by atoms with Crippen molar-refractivity contribution in [3.63, 3.8) is 0 Å². The number of aromatic nitrogens is 2. The summed E-state index contributed by atoms with van der Waals surface area (Å²) in [7, 11) is 0. The van der Waals surface area contributed by atoms with Crippen molar-refractivity contribution >= 4 is 11.1 Å². The van der Waals surface area contributed by atoms with Crippen LogP contribution >= 0.6 is 0 Å². The van der Waals surface area contributed by atoms with Crippen LogP contribution in [-0.4, -0.2) is 4.98 Å². The molecular formula is C19H14BrFN2O. The molecule has 0 atom stereocenters. The largest absolute Gasteiger partial charge is 1.00 e. The van der Waals surface area contributed by atoms with E-state index in [-0.39, 0.29) is 22.8 Å². The fraction of sp³-hybridized carbons (Fsp3) is 0.0526. The monoisotopic (exact) mass is 384 g/mol. The zero-order valence-electron chi connectivity index (χ0n) is 12.7. The van der Waals surface area contributed by atoms with Crippen LogP contribution in [0.2, 0.25) is 0 Å². The van der Waals surface area contributed by atoms with E-state index in [1.807, 2.05) is 59.4 Å². The Hall–Kier alpha value is -2.53. The summed E-state index contributed by atoms with van der Waals surface area (Å²) in [6, 6.07) is 18.2. The van der Waals surface area contributed by atoms with Crippen LogP contribution in [0.3, 0.4) is 0 Å². The number of para-hydroxylation sites is 2. The van der Waals surface area contributed by atoms with Crippen LogP contribution < -0.4 is 21.5 Å². The Labute approximate surface area is 149 Å². The summed E-state index contributed by atoms with van der Waals surface area (Å²) in [6.07, 6.45) is 3.90. The van der Waals surface area contributed by atoms with Gasteiger partial charge in [-0.15, -0.1) is 0 Å². The fourth-order valence-electron chi connectivity index (χ4n) is 2.59. The highest BCUT2D eigenvalue weighted by atomic mass is 79.9. The Morgan fingerprint density at radius 2 is 1.88 bits per heavy atom. The summed E-state index contributed by atoms with van der Waals surface area (Å²) in [5, 5.41) is 0. The molecule has 0 saturated heterocycles. The molecule has 24 heavy (non-hydrogen) atoms. The van der Waals surface area contributed by atoms with Crippen molar-refractivity contribution in [3.05, 3.63) is 84.4 Å². The van der Waals surface area contributed by atoms with Crippen LogP contribution in [0.25, 0.3) is 22.6 Å². The van der Waals surface area contributed by atoms with E-state index in [0.717, 1.165) is 22.2 Å². The first-order valence-electron chi connectivity index (χ1n) is 7.37. The first-order chi connectivity index (χ1) is 11.3. The lowest BCUT2D eigenvalue weighted by Crippen LogP contribution is -3.00. The van der Waals surface area contributed by atoms with E-state index in [1.165, 1.54) is 6.07 Å². The number of fused-ring (bicyclic) bond motifs is 1. The number of hydrogen-bond donors (Lipinski definition) is 0. The molecule has 0 unspecified atom stereocenters.